The number of anilines is 3. The third-order valence-electron chi connectivity index (χ3n) is 9.24. The molecule has 14 nitrogen and oxygen atoms in total. The smallest absolute Gasteiger partial charge is 0.416 e. The normalized spacial score (nSPS) is 14.6. The van der Waals surface area contributed by atoms with E-state index in [0.717, 1.165) is 33.8 Å². The molecule has 0 radical (unpaired) electrons. The van der Waals surface area contributed by atoms with Crippen molar-refractivity contribution in [2.24, 2.45) is 0 Å². The molecule has 2 aliphatic heterocycles. The lowest BCUT2D eigenvalue weighted by molar-refractivity contribution is -0.137. The van der Waals surface area contributed by atoms with Crippen LogP contribution in [0.4, 0.5) is 30.5 Å². The lowest BCUT2D eigenvalue weighted by Crippen LogP contribution is -2.51. The Morgan fingerprint density at radius 3 is 2.33 bits per heavy atom. The number of carbonyl (C=O) groups is 2. The number of amides is 2. The Morgan fingerprint density at radius 1 is 1.00 bits per heavy atom. The van der Waals surface area contributed by atoms with Crippen LogP contribution in [0.2, 0.25) is 5.02 Å². The number of carbonyl (C=O) groups excluding carboxylic acids is 2. The standard InChI is InChI=1S/C34H32ClF3N10O4/c1-3-25-28(44-10-12-45(13-11-44)30(51)27-29(50)19(2)39-18-40-27)31(52)48-33(42-32(43-48)46-15-20-6-4-5-7-21(20)16-46)47(25)17-26(49)41-24-9-8-22(14-23(24)35)34(36,37)38/h4-9,14,18,50H,3,10-13,15-17H2,1-2H3,(H,41,49). The summed E-state index contributed by atoms with van der Waals surface area (Å²) in [5, 5.41) is 17.3. The summed E-state index contributed by atoms with van der Waals surface area (Å²) in [5.74, 6) is -1.01. The molecule has 2 aromatic carbocycles. The molecule has 1 saturated heterocycles. The molecular weight excluding hydrogens is 705 g/mol. The number of piperazine rings is 1. The number of halogens is 4. The number of hydrogen-bond donors (Lipinski definition) is 2. The highest BCUT2D eigenvalue weighted by Gasteiger charge is 2.33. The number of nitrogens with zero attached hydrogens (tertiary/aromatic N) is 9. The first-order chi connectivity index (χ1) is 24.8. The monoisotopic (exact) mass is 736 g/mol. The van der Waals surface area contributed by atoms with E-state index in [4.69, 9.17) is 16.6 Å². The fourth-order valence-corrected chi connectivity index (χ4v) is 6.79. The molecule has 270 valence electrons. The molecule has 5 heterocycles. The summed E-state index contributed by atoms with van der Waals surface area (Å²) in [7, 11) is 0. The van der Waals surface area contributed by atoms with Gasteiger partial charge < -0.3 is 29.7 Å². The number of benzene rings is 2. The number of aromatic hydroxyl groups is 1. The van der Waals surface area contributed by atoms with Crippen LogP contribution in [0.25, 0.3) is 5.78 Å². The Labute approximate surface area is 299 Å². The van der Waals surface area contributed by atoms with Crippen molar-refractivity contribution in [1.29, 1.82) is 0 Å². The fourth-order valence-electron chi connectivity index (χ4n) is 6.56. The van der Waals surface area contributed by atoms with E-state index in [9.17, 15) is 32.7 Å². The lowest BCUT2D eigenvalue weighted by Gasteiger charge is -2.36. The van der Waals surface area contributed by atoms with Crippen LogP contribution in [-0.2, 0) is 37.0 Å². The van der Waals surface area contributed by atoms with Gasteiger partial charge in [0, 0.05) is 39.3 Å². The SMILES string of the molecule is CCc1c(N2CCN(C(=O)c3ncnc(C)c3O)CC2)c(=O)n2nc(N3Cc4ccccc4C3)nc2n1CC(=O)Nc1ccc(C(F)(F)F)cc1Cl. The predicted octanol–water partition coefficient (Wildman–Crippen LogP) is 4.05. The van der Waals surface area contributed by atoms with Crippen LogP contribution in [0.1, 0.15) is 45.5 Å². The summed E-state index contributed by atoms with van der Waals surface area (Å²) in [6.45, 7) is 4.91. The Bertz CT molecular complexity index is 2260. The zero-order valence-corrected chi connectivity index (χ0v) is 28.7. The molecule has 3 aromatic heterocycles. The Kier molecular flexibility index (Phi) is 8.98. The molecule has 7 rings (SSSR count). The zero-order chi connectivity index (χ0) is 36.9. The molecule has 0 aliphatic carbocycles. The molecule has 2 amide bonds. The van der Waals surface area contributed by atoms with E-state index in [1.807, 2.05) is 41.0 Å². The molecule has 1 fully saturated rings. The summed E-state index contributed by atoms with van der Waals surface area (Å²) in [6, 6.07) is 10.5. The van der Waals surface area contributed by atoms with E-state index in [1.54, 1.807) is 11.5 Å². The van der Waals surface area contributed by atoms with Crippen molar-refractivity contribution in [3.63, 3.8) is 0 Å². The number of hydrogen-bond acceptors (Lipinski definition) is 10. The van der Waals surface area contributed by atoms with Crippen molar-refractivity contribution in [3.05, 3.63) is 97.9 Å². The van der Waals surface area contributed by atoms with Gasteiger partial charge in [0.05, 0.1) is 27.7 Å². The molecule has 0 bridgehead atoms. The molecule has 0 atom stereocenters. The molecule has 5 aromatic rings. The van der Waals surface area contributed by atoms with E-state index < -0.39 is 29.1 Å². The summed E-state index contributed by atoms with van der Waals surface area (Å²) in [5.41, 5.74) is 1.65. The van der Waals surface area contributed by atoms with Crippen molar-refractivity contribution in [2.75, 3.05) is 41.3 Å². The molecule has 2 aliphatic rings. The van der Waals surface area contributed by atoms with E-state index in [1.165, 1.54) is 11.2 Å². The van der Waals surface area contributed by atoms with Crippen LogP contribution in [0.3, 0.4) is 0 Å². The average molecular weight is 737 g/mol. The highest BCUT2D eigenvalue weighted by atomic mass is 35.5. The van der Waals surface area contributed by atoms with Crippen LogP contribution >= 0.6 is 11.6 Å². The maximum Gasteiger partial charge on any atom is 0.416 e. The topological polar surface area (TPSA) is 154 Å². The summed E-state index contributed by atoms with van der Waals surface area (Å²) >= 11 is 6.14. The number of aryl methyl sites for hydroxylation is 1. The van der Waals surface area contributed by atoms with Crippen LogP contribution in [0.15, 0.2) is 53.6 Å². The molecular formula is C34H32ClF3N10O4. The maximum atomic E-state index is 14.3. The minimum absolute atomic E-state index is 0.0160. The van der Waals surface area contributed by atoms with Gasteiger partial charge in [0.1, 0.15) is 18.6 Å². The molecule has 2 N–H and O–H groups in total. The van der Waals surface area contributed by atoms with Gasteiger partial charge in [0.25, 0.3) is 11.5 Å². The van der Waals surface area contributed by atoms with Gasteiger partial charge in [-0.05, 0) is 42.7 Å². The van der Waals surface area contributed by atoms with E-state index in [-0.39, 0.29) is 78.0 Å². The Hall–Kier alpha value is -5.71. The van der Waals surface area contributed by atoms with Gasteiger partial charge in [-0.15, -0.1) is 5.10 Å². The summed E-state index contributed by atoms with van der Waals surface area (Å²) < 4.78 is 42.4. The fraction of sp³-hybridized carbons (Fsp3) is 0.324. The van der Waals surface area contributed by atoms with Crippen molar-refractivity contribution in [3.8, 4) is 5.75 Å². The average Bonchev–Trinajstić information content (AvgIpc) is 3.76. The van der Waals surface area contributed by atoms with Gasteiger partial charge in [-0.3, -0.25) is 14.4 Å². The van der Waals surface area contributed by atoms with Crippen molar-refractivity contribution in [1.82, 2.24) is 34.0 Å². The van der Waals surface area contributed by atoms with Crippen LogP contribution in [-0.4, -0.2) is 77.1 Å². The number of alkyl halides is 3. The Morgan fingerprint density at radius 2 is 1.69 bits per heavy atom. The summed E-state index contributed by atoms with van der Waals surface area (Å²) in [4.78, 5) is 59.0. The first-order valence-electron chi connectivity index (χ1n) is 16.4. The van der Waals surface area contributed by atoms with Crippen molar-refractivity contribution < 1.29 is 27.9 Å². The quantitative estimate of drug-likeness (QED) is 0.250. The highest BCUT2D eigenvalue weighted by molar-refractivity contribution is 6.33. The number of fused-ring (bicyclic) bond motifs is 2. The second kappa shape index (κ2) is 13.4. The maximum absolute atomic E-state index is 14.3. The van der Waals surface area contributed by atoms with E-state index >= 15 is 0 Å². The van der Waals surface area contributed by atoms with Crippen molar-refractivity contribution >= 4 is 46.5 Å². The molecule has 18 heteroatoms. The number of nitrogens with one attached hydrogen (secondary N) is 1. The van der Waals surface area contributed by atoms with Gasteiger partial charge in [0.2, 0.25) is 17.6 Å². The van der Waals surface area contributed by atoms with E-state index in [2.05, 4.69) is 20.4 Å². The predicted molar refractivity (Wildman–Crippen MR) is 185 cm³/mol. The zero-order valence-electron chi connectivity index (χ0n) is 28.0. The lowest BCUT2D eigenvalue weighted by atomic mass is 10.1. The third kappa shape index (κ3) is 6.35. The minimum atomic E-state index is -4.61. The first kappa shape index (κ1) is 34.7. The van der Waals surface area contributed by atoms with Crippen LogP contribution in [0, 0.1) is 6.92 Å². The molecule has 0 unspecified atom stereocenters. The van der Waals surface area contributed by atoms with Crippen LogP contribution < -0.4 is 20.7 Å². The minimum Gasteiger partial charge on any atom is -0.504 e. The Balaban J connectivity index is 1.23. The number of rotatable bonds is 7. The van der Waals surface area contributed by atoms with Gasteiger partial charge in [-0.1, -0.05) is 42.8 Å². The third-order valence-corrected chi connectivity index (χ3v) is 9.55. The second-order valence-corrected chi connectivity index (χ2v) is 12.9. The summed E-state index contributed by atoms with van der Waals surface area (Å²) in [6.07, 6.45) is -3.11. The highest BCUT2D eigenvalue weighted by Crippen LogP contribution is 2.34. The van der Waals surface area contributed by atoms with E-state index in [0.29, 0.717) is 25.2 Å². The van der Waals surface area contributed by atoms with Gasteiger partial charge in [-0.25, -0.2) is 9.97 Å². The largest absolute Gasteiger partial charge is 0.504 e. The molecule has 52 heavy (non-hydrogen) atoms. The molecule has 0 spiro atoms. The van der Waals surface area contributed by atoms with Gasteiger partial charge >= 0.3 is 6.18 Å². The van der Waals surface area contributed by atoms with Crippen LogP contribution in [0.5, 0.6) is 5.75 Å². The first-order valence-corrected chi connectivity index (χ1v) is 16.8. The van der Waals surface area contributed by atoms with Crippen molar-refractivity contribution in [2.45, 2.75) is 46.1 Å². The van der Waals surface area contributed by atoms with Gasteiger partial charge in [-0.2, -0.15) is 22.7 Å². The molecule has 0 saturated carbocycles. The number of aromatic nitrogens is 6. The van der Waals surface area contributed by atoms with Gasteiger partial charge in [0.15, 0.2) is 11.4 Å². The second-order valence-electron chi connectivity index (χ2n) is 12.5.